The summed E-state index contributed by atoms with van der Waals surface area (Å²) in [5.41, 5.74) is -0.673. The number of carbonyl (C=O) groups excluding carboxylic acids is 3. The third kappa shape index (κ3) is 2.55. The number of amides is 4. The summed E-state index contributed by atoms with van der Waals surface area (Å²) in [6, 6.07) is 16.6. The van der Waals surface area contributed by atoms with Crippen molar-refractivity contribution in [2.24, 2.45) is 0 Å². The number of carbonyl (C=O) groups is 3. The van der Waals surface area contributed by atoms with E-state index in [-0.39, 0.29) is 0 Å². The van der Waals surface area contributed by atoms with Gasteiger partial charge in [-0.3, -0.25) is 9.59 Å². The summed E-state index contributed by atoms with van der Waals surface area (Å²) in [5, 5.41) is 5.12. The summed E-state index contributed by atoms with van der Waals surface area (Å²) in [7, 11) is 0. The van der Waals surface area contributed by atoms with Crippen LogP contribution in [0.2, 0.25) is 0 Å². The van der Waals surface area contributed by atoms with Gasteiger partial charge < -0.3 is 10.6 Å². The lowest BCUT2D eigenvalue weighted by molar-refractivity contribution is -0.131. The first-order chi connectivity index (χ1) is 11.0. The minimum Gasteiger partial charge on any atom is -0.324 e. The third-order valence-electron chi connectivity index (χ3n) is 3.69. The molecule has 0 spiro atoms. The van der Waals surface area contributed by atoms with Crippen molar-refractivity contribution in [2.45, 2.75) is 12.5 Å². The second-order valence-corrected chi connectivity index (χ2v) is 5.35. The van der Waals surface area contributed by atoms with E-state index in [4.69, 9.17) is 0 Å². The Hall–Kier alpha value is -3.15. The minimum atomic E-state index is -1.65. The molecule has 1 aliphatic rings. The molecule has 0 aliphatic carbocycles. The molecule has 2 aromatic carbocycles. The minimum absolute atomic E-state index is 0.422. The molecule has 0 bridgehead atoms. The van der Waals surface area contributed by atoms with E-state index < -0.39 is 23.4 Å². The van der Waals surface area contributed by atoms with E-state index in [1.165, 1.54) is 6.92 Å². The van der Waals surface area contributed by atoms with Crippen LogP contribution in [-0.4, -0.2) is 23.4 Å². The maximum absolute atomic E-state index is 12.7. The van der Waals surface area contributed by atoms with Crippen LogP contribution in [0.25, 0.3) is 0 Å². The summed E-state index contributed by atoms with van der Waals surface area (Å²) in [5.74, 6) is -1.19. The average Bonchev–Trinajstić information content (AvgIpc) is 2.79. The van der Waals surface area contributed by atoms with E-state index >= 15 is 0 Å². The lowest BCUT2D eigenvalue weighted by atomic mass is 10.0. The Morgan fingerprint density at radius 2 is 1.57 bits per heavy atom. The van der Waals surface area contributed by atoms with E-state index in [1.54, 1.807) is 54.6 Å². The van der Waals surface area contributed by atoms with Gasteiger partial charge in [-0.05, 0) is 31.2 Å². The number of rotatable bonds is 3. The van der Waals surface area contributed by atoms with Crippen LogP contribution >= 0.6 is 0 Å². The Morgan fingerprint density at radius 3 is 2.17 bits per heavy atom. The van der Waals surface area contributed by atoms with Gasteiger partial charge in [0.25, 0.3) is 11.8 Å². The predicted octanol–water partition coefficient (Wildman–Crippen LogP) is 2.14. The highest BCUT2D eigenvalue weighted by atomic mass is 16.2. The van der Waals surface area contributed by atoms with Gasteiger partial charge in [0.2, 0.25) is 0 Å². The van der Waals surface area contributed by atoms with Gasteiger partial charge in [0.1, 0.15) is 0 Å². The molecule has 1 fully saturated rings. The first-order valence-electron chi connectivity index (χ1n) is 7.10. The first kappa shape index (κ1) is 14.8. The summed E-state index contributed by atoms with van der Waals surface area (Å²) in [4.78, 5) is 38.3. The fourth-order valence-electron chi connectivity index (χ4n) is 2.38. The average molecular weight is 309 g/mol. The number of hydrogen-bond donors (Lipinski definition) is 2. The summed E-state index contributed by atoms with van der Waals surface area (Å²) >= 11 is 0. The molecule has 2 aromatic rings. The fourth-order valence-corrected chi connectivity index (χ4v) is 2.38. The highest BCUT2D eigenvalue weighted by Crippen LogP contribution is 2.25. The summed E-state index contributed by atoms with van der Waals surface area (Å²) < 4.78 is 0. The molecule has 1 unspecified atom stereocenters. The van der Waals surface area contributed by atoms with Crippen LogP contribution in [0.3, 0.4) is 0 Å². The quantitative estimate of drug-likeness (QED) is 0.673. The maximum Gasteiger partial charge on any atom is 0.330 e. The van der Waals surface area contributed by atoms with E-state index in [0.29, 0.717) is 11.4 Å². The SMILES string of the molecule is CC1(C(=O)Nc2ccccc2)NC(=O)N(c2ccccc2)C1=O. The third-order valence-corrected chi connectivity index (χ3v) is 3.69. The number of urea groups is 1. The van der Waals surface area contributed by atoms with Crippen molar-refractivity contribution in [3.05, 3.63) is 60.7 Å². The van der Waals surface area contributed by atoms with Crippen LogP contribution in [0.5, 0.6) is 0 Å². The largest absolute Gasteiger partial charge is 0.330 e. The van der Waals surface area contributed by atoms with Gasteiger partial charge in [-0.15, -0.1) is 0 Å². The molecule has 0 aromatic heterocycles. The molecular formula is C17H15N3O3. The van der Waals surface area contributed by atoms with Gasteiger partial charge >= 0.3 is 6.03 Å². The highest BCUT2D eigenvalue weighted by Gasteiger charge is 2.53. The Balaban J connectivity index is 1.86. The molecular weight excluding hydrogens is 294 g/mol. The summed E-state index contributed by atoms with van der Waals surface area (Å²) in [6.45, 7) is 1.40. The number of benzene rings is 2. The number of hydrogen-bond acceptors (Lipinski definition) is 3. The predicted molar refractivity (Wildman–Crippen MR) is 85.9 cm³/mol. The Bertz CT molecular complexity index is 761. The van der Waals surface area contributed by atoms with Crippen LogP contribution < -0.4 is 15.5 Å². The van der Waals surface area contributed by atoms with Crippen molar-refractivity contribution < 1.29 is 14.4 Å². The molecule has 4 amide bonds. The number of anilines is 2. The second-order valence-electron chi connectivity index (χ2n) is 5.35. The molecule has 1 atom stereocenters. The lowest BCUT2D eigenvalue weighted by Gasteiger charge is -2.20. The molecule has 1 aliphatic heterocycles. The van der Waals surface area contributed by atoms with Crippen molar-refractivity contribution in [2.75, 3.05) is 10.2 Å². The van der Waals surface area contributed by atoms with Crippen LogP contribution in [-0.2, 0) is 9.59 Å². The van der Waals surface area contributed by atoms with E-state index in [1.807, 2.05) is 6.07 Å². The Labute approximate surface area is 133 Å². The van der Waals surface area contributed by atoms with Gasteiger partial charge in [-0.25, -0.2) is 9.69 Å². The molecule has 6 heteroatoms. The van der Waals surface area contributed by atoms with Crippen molar-refractivity contribution in [3.8, 4) is 0 Å². The van der Waals surface area contributed by atoms with Crippen molar-refractivity contribution in [1.29, 1.82) is 0 Å². The standard InChI is InChI=1S/C17H15N3O3/c1-17(14(21)18-12-8-4-2-5-9-12)15(22)20(16(23)19-17)13-10-6-3-7-11-13/h2-11H,1H3,(H,18,21)(H,19,23). The number of para-hydroxylation sites is 2. The van der Waals surface area contributed by atoms with E-state index in [2.05, 4.69) is 10.6 Å². The van der Waals surface area contributed by atoms with Crippen LogP contribution in [0, 0.1) is 0 Å². The number of nitrogens with one attached hydrogen (secondary N) is 2. The molecule has 6 nitrogen and oxygen atoms in total. The number of imide groups is 1. The highest BCUT2D eigenvalue weighted by molar-refractivity contribution is 6.32. The van der Waals surface area contributed by atoms with Crippen molar-refractivity contribution in [1.82, 2.24) is 5.32 Å². The van der Waals surface area contributed by atoms with E-state index in [9.17, 15) is 14.4 Å². The van der Waals surface area contributed by atoms with Gasteiger partial charge in [0.05, 0.1) is 5.69 Å². The molecule has 116 valence electrons. The van der Waals surface area contributed by atoms with Gasteiger partial charge in [0.15, 0.2) is 5.54 Å². The molecule has 0 radical (unpaired) electrons. The molecule has 23 heavy (non-hydrogen) atoms. The fraction of sp³-hybridized carbons (Fsp3) is 0.118. The van der Waals surface area contributed by atoms with Crippen molar-refractivity contribution >= 4 is 29.2 Å². The van der Waals surface area contributed by atoms with Crippen molar-refractivity contribution in [3.63, 3.8) is 0 Å². The van der Waals surface area contributed by atoms with Gasteiger partial charge in [-0.2, -0.15) is 0 Å². The zero-order valence-corrected chi connectivity index (χ0v) is 12.4. The zero-order chi connectivity index (χ0) is 16.4. The maximum atomic E-state index is 12.7. The topological polar surface area (TPSA) is 78.5 Å². The zero-order valence-electron chi connectivity index (χ0n) is 12.4. The number of nitrogens with zero attached hydrogens (tertiary/aromatic N) is 1. The summed E-state index contributed by atoms with van der Waals surface area (Å²) in [6.07, 6.45) is 0. The van der Waals surface area contributed by atoms with Crippen LogP contribution in [0.15, 0.2) is 60.7 Å². The molecule has 1 saturated heterocycles. The van der Waals surface area contributed by atoms with Gasteiger partial charge in [0, 0.05) is 5.69 Å². The van der Waals surface area contributed by atoms with E-state index in [0.717, 1.165) is 4.90 Å². The lowest BCUT2D eigenvalue weighted by Crippen LogP contribution is -2.54. The normalized spacial score (nSPS) is 20.3. The van der Waals surface area contributed by atoms with Crippen LogP contribution in [0.1, 0.15) is 6.92 Å². The Morgan fingerprint density at radius 1 is 1.00 bits per heavy atom. The molecule has 0 saturated carbocycles. The smallest absolute Gasteiger partial charge is 0.324 e. The van der Waals surface area contributed by atoms with Crippen LogP contribution in [0.4, 0.5) is 16.2 Å². The second kappa shape index (κ2) is 5.57. The first-order valence-corrected chi connectivity index (χ1v) is 7.10. The Kier molecular flexibility index (Phi) is 3.57. The molecule has 3 rings (SSSR count). The van der Waals surface area contributed by atoms with Gasteiger partial charge in [-0.1, -0.05) is 36.4 Å². The monoisotopic (exact) mass is 309 g/mol. The molecule has 1 heterocycles. The molecule has 2 N–H and O–H groups in total.